The molecule has 1 saturated heterocycles. The predicted octanol–water partition coefficient (Wildman–Crippen LogP) is 5.97. The number of benzene rings is 2. The van der Waals surface area contributed by atoms with Crippen molar-refractivity contribution in [2.45, 2.75) is 70.9 Å². The van der Waals surface area contributed by atoms with Crippen LogP contribution >= 0.6 is 0 Å². The van der Waals surface area contributed by atoms with Gasteiger partial charge in [0.15, 0.2) is 5.78 Å². The first kappa shape index (κ1) is 19.8. The quantitative estimate of drug-likeness (QED) is 0.663. The molecule has 2 aromatic rings. The molecule has 0 amide bonds. The van der Waals surface area contributed by atoms with Crippen LogP contribution in [0.4, 0.5) is 0 Å². The molecule has 1 aliphatic rings. The summed E-state index contributed by atoms with van der Waals surface area (Å²) in [5, 5.41) is 3.70. The first-order valence-electron chi connectivity index (χ1n) is 10.1. The molecule has 1 aliphatic heterocycles. The molecule has 1 fully saturated rings. The van der Waals surface area contributed by atoms with Crippen LogP contribution in [0.15, 0.2) is 54.6 Å². The zero-order valence-electron chi connectivity index (χ0n) is 17.4. The number of carbonyl (C=O) groups is 1. The molecule has 0 bridgehead atoms. The van der Waals surface area contributed by atoms with Gasteiger partial charge in [-0.25, -0.2) is 0 Å². The Morgan fingerprint density at radius 1 is 0.926 bits per heavy atom. The maximum atomic E-state index is 12.9. The van der Waals surface area contributed by atoms with Crippen molar-refractivity contribution in [2.24, 2.45) is 5.92 Å². The van der Waals surface area contributed by atoms with Crippen LogP contribution in [0.1, 0.15) is 81.3 Å². The summed E-state index contributed by atoms with van der Waals surface area (Å²) >= 11 is 0. The number of ketones is 1. The molecule has 3 rings (SSSR count). The highest BCUT2D eigenvalue weighted by molar-refractivity contribution is 5.96. The van der Waals surface area contributed by atoms with E-state index in [0.29, 0.717) is 18.3 Å². The molecule has 27 heavy (non-hydrogen) atoms. The summed E-state index contributed by atoms with van der Waals surface area (Å²) in [5.74, 6) is 1.04. The largest absolute Gasteiger partial charge is 0.307 e. The minimum absolute atomic E-state index is 0.0850. The van der Waals surface area contributed by atoms with E-state index in [4.69, 9.17) is 0 Å². The van der Waals surface area contributed by atoms with E-state index in [-0.39, 0.29) is 16.9 Å². The molecule has 2 aromatic carbocycles. The summed E-state index contributed by atoms with van der Waals surface area (Å²) in [6, 6.07) is 18.7. The summed E-state index contributed by atoms with van der Waals surface area (Å²) in [4.78, 5) is 12.9. The second-order valence-electron chi connectivity index (χ2n) is 9.55. The number of piperidine rings is 1. The minimum Gasteiger partial charge on any atom is -0.307 e. The molecule has 2 nitrogen and oxygen atoms in total. The number of rotatable bonds is 5. The van der Waals surface area contributed by atoms with Crippen molar-refractivity contribution < 1.29 is 4.79 Å². The number of nitrogens with one attached hydrogen (secondary N) is 1. The summed E-state index contributed by atoms with van der Waals surface area (Å²) < 4.78 is 0. The molecule has 2 heteroatoms. The molecule has 1 N–H and O–H groups in total. The normalized spacial score (nSPS) is 20.2. The van der Waals surface area contributed by atoms with Gasteiger partial charge in [-0.1, -0.05) is 61.5 Å². The van der Waals surface area contributed by atoms with Gasteiger partial charge in [-0.2, -0.15) is 0 Å². The first-order valence-corrected chi connectivity index (χ1v) is 10.1. The van der Waals surface area contributed by atoms with Crippen LogP contribution in [0.2, 0.25) is 0 Å². The molecule has 0 spiro atoms. The Balaban J connectivity index is 1.67. The van der Waals surface area contributed by atoms with Crippen LogP contribution in [0, 0.1) is 5.92 Å². The number of carbonyl (C=O) groups excluding carboxylic acids is 1. The average molecular weight is 364 g/mol. The van der Waals surface area contributed by atoms with Gasteiger partial charge in [-0.15, -0.1) is 0 Å². The standard InChI is InChI=1S/C25H33NO/c1-18(20-9-7-6-8-10-20)21-11-13-22(14-12-21)23(27)15-19-16-24(2,3)26-25(4,5)17-19/h6-14,18-19,26H,15-17H2,1-5H3. The summed E-state index contributed by atoms with van der Waals surface area (Å²) in [5.41, 5.74) is 3.56. The Morgan fingerprint density at radius 2 is 1.44 bits per heavy atom. The molecule has 1 heterocycles. The van der Waals surface area contributed by atoms with E-state index in [2.05, 4.69) is 76.3 Å². The summed E-state index contributed by atoms with van der Waals surface area (Å²) in [6.07, 6.45) is 2.73. The van der Waals surface area contributed by atoms with Gasteiger partial charge < -0.3 is 5.32 Å². The third-order valence-electron chi connectivity index (χ3n) is 5.78. The lowest BCUT2D eigenvalue weighted by Crippen LogP contribution is -2.57. The Kier molecular flexibility index (Phi) is 5.58. The van der Waals surface area contributed by atoms with Gasteiger partial charge in [0, 0.05) is 29.0 Å². The first-order chi connectivity index (χ1) is 12.7. The molecule has 0 aromatic heterocycles. The van der Waals surface area contributed by atoms with Crippen molar-refractivity contribution in [3.63, 3.8) is 0 Å². The van der Waals surface area contributed by atoms with Crippen LogP contribution in [0.25, 0.3) is 0 Å². The van der Waals surface area contributed by atoms with E-state index in [1.807, 2.05) is 18.2 Å². The van der Waals surface area contributed by atoms with E-state index < -0.39 is 0 Å². The maximum Gasteiger partial charge on any atom is 0.163 e. The Bertz CT molecular complexity index is 758. The number of hydrogen-bond donors (Lipinski definition) is 1. The monoisotopic (exact) mass is 363 g/mol. The lowest BCUT2D eigenvalue weighted by Gasteiger charge is -2.46. The molecular weight excluding hydrogens is 330 g/mol. The Morgan fingerprint density at radius 3 is 2.00 bits per heavy atom. The zero-order valence-corrected chi connectivity index (χ0v) is 17.4. The van der Waals surface area contributed by atoms with Crippen LogP contribution < -0.4 is 5.32 Å². The van der Waals surface area contributed by atoms with Crippen molar-refractivity contribution in [1.82, 2.24) is 5.32 Å². The molecule has 0 radical (unpaired) electrons. The lowest BCUT2D eigenvalue weighted by atomic mass is 9.74. The second kappa shape index (κ2) is 7.59. The highest BCUT2D eigenvalue weighted by Gasteiger charge is 2.38. The van der Waals surface area contributed by atoms with Gasteiger partial charge in [-0.05, 0) is 57.6 Å². The fourth-order valence-corrected chi connectivity index (χ4v) is 4.95. The second-order valence-corrected chi connectivity index (χ2v) is 9.55. The van der Waals surface area contributed by atoms with E-state index >= 15 is 0 Å². The molecule has 1 atom stereocenters. The SMILES string of the molecule is CC(c1ccccc1)c1ccc(C(=O)CC2CC(C)(C)NC(C)(C)C2)cc1. The molecule has 0 aliphatic carbocycles. The Labute approximate surface area is 164 Å². The molecule has 1 unspecified atom stereocenters. The highest BCUT2D eigenvalue weighted by Crippen LogP contribution is 2.35. The van der Waals surface area contributed by atoms with Crippen LogP contribution in [0.3, 0.4) is 0 Å². The van der Waals surface area contributed by atoms with Crippen molar-refractivity contribution in [3.8, 4) is 0 Å². The lowest BCUT2D eigenvalue weighted by molar-refractivity contribution is 0.0864. The van der Waals surface area contributed by atoms with Gasteiger partial charge in [0.2, 0.25) is 0 Å². The zero-order chi connectivity index (χ0) is 19.7. The van der Waals surface area contributed by atoms with Crippen molar-refractivity contribution in [3.05, 3.63) is 71.3 Å². The average Bonchev–Trinajstić information content (AvgIpc) is 2.59. The third kappa shape index (κ3) is 5.07. The van der Waals surface area contributed by atoms with E-state index in [1.54, 1.807) is 0 Å². The van der Waals surface area contributed by atoms with Gasteiger partial charge >= 0.3 is 0 Å². The molecule has 144 valence electrons. The number of Topliss-reactive ketones (excluding diaryl/α,β-unsaturated/α-hetero) is 1. The van der Waals surface area contributed by atoms with Gasteiger partial charge in [0.1, 0.15) is 0 Å². The van der Waals surface area contributed by atoms with Gasteiger partial charge in [0.25, 0.3) is 0 Å². The summed E-state index contributed by atoms with van der Waals surface area (Å²) in [6.45, 7) is 11.2. The van der Waals surface area contributed by atoms with Gasteiger partial charge in [0.05, 0.1) is 0 Å². The topological polar surface area (TPSA) is 29.1 Å². The van der Waals surface area contributed by atoms with Crippen molar-refractivity contribution >= 4 is 5.78 Å². The van der Waals surface area contributed by atoms with Crippen LogP contribution in [-0.4, -0.2) is 16.9 Å². The highest BCUT2D eigenvalue weighted by atomic mass is 16.1. The fraction of sp³-hybridized carbons (Fsp3) is 0.480. The predicted molar refractivity (Wildman–Crippen MR) is 113 cm³/mol. The maximum absolute atomic E-state index is 12.9. The fourth-order valence-electron chi connectivity index (χ4n) is 4.95. The van der Waals surface area contributed by atoms with Crippen molar-refractivity contribution in [1.29, 1.82) is 0 Å². The van der Waals surface area contributed by atoms with E-state index in [1.165, 1.54) is 11.1 Å². The van der Waals surface area contributed by atoms with Crippen LogP contribution in [-0.2, 0) is 0 Å². The smallest absolute Gasteiger partial charge is 0.163 e. The van der Waals surface area contributed by atoms with E-state index in [9.17, 15) is 4.79 Å². The van der Waals surface area contributed by atoms with Crippen molar-refractivity contribution in [2.75, 3.05) is 0 Å². The van der Waals surface area contributed by atoms with Crippen LogP contribution in [0.5, 0.6) is 0 Å². The minimum atomic E-state index is 0.0850. The van der Waals surface area contributed by atoms with Gasteiger partial charge in [-0.3, -0.25) is 4.79 Å². The number of hydrogen-bond acceptors (Lipinski definition) is 2. The molecule has 0 saturated carbocycles. The third-order valence-corrected chi connectivity index (χ3v) is 5.78. The van der Waals surface area contributed by atoms with E-state index in [0.717, 1.165) is 18.4 Å². The molecular formula is C25H33NO. The Hall–Kier alpha value is -1.93. The summed E-state index contributed by atoms with van der Waals surface area (Å²) in [7, 11) is 0.